The highest BCUT2D eigenvalue weighted by Gasteiger charge is 1.99. The summed E-state index contributed by atoms with van der Waals surface area (Å²) >= 11 is 0. The number of nitrogens with zero attached hydrogens (tertiary/aromatic N) is 3. The Hall–Kier alpha value is -0.940. The van der Waals surface area contributed by atoms with Crippen molar-refractivity contribution in [1.29, 1.82) is 0 Å². The van der Waals surface area contributed by atoms with E-state index in [1.165, 1.54) is 12.8 Å². The van der Waals surface area contributed by atoms with Gasteiger partial charge in [0.25, 0.3) is 0 Å². The van der Waals surface area contributed by atoms with Gasteiger partial charge in [0.2, 0.25) is 0 Å². The van der Waals surface area contributed by atoms with Gasteiger partial charge in [-0.25, -0.2) is 4.68 Å². The maximum Gasteiger partial charge on any atom is 0.0964 e. The Morgan fingerprint density at radius 2 is 2.11 bits per heavy atom. The fraction of sp³-hybridized carbons (Fsp3) is 0.846. The average Bonchev–Trinajstić information content (AvgIpc) is 2.82. The van der Waals surface area contributed by atoms with Crippen LogP contribution in [0.15, 0.2) is 6.20 Å². The quantitative estimate of drug-likeness (QED) is 0.614. The summed E-state index contributed by atoms with van der Waals surface area (Å²) in [5.41, 5.74) is 0.995. The van der Waals surface area contributed by atoms with Crippen molar-refractivity contribution in [3.05, 3.63) is 11.9 Å². The maximum atomic E-state index is 5.54. The lowest BCUT2D eigenvalue weighted by Gasteiger charge is -2.03. The van der Waals surface area contributed by atoms with Crippen molar-refractivity contribution in [2.24, 2.45) is 0 Å². The molecule has 5 heteroatoms. The number of unbranched alkanes of at least 4 members (excludes halogenated alkanes) is 2. The van der Waals surface area contributed by atoms with Crippen LogP contribution in [0.1, 0.15) is 45.2 Å². The molecule has 0 aliphatic rings. The van der Waals surface area contributed by atoms with Gasteiger partial charge in [-0.3, -0.25) is 0 Å². The zero-order chi connectivity index (χ0) is 13.1. The molecule has 0 amide bonds. The van der Waals surface area contributed by atoms with Crippen molar-refractivity contribution < 1.29 is 4.74 Å². The minimum atomic E-state index is 0.717. The molecular formula is C13H26N4O. The lowest BCUT2D eigenvalue weighted by Crippen LogP contribution is -2.14. The largest absolute Gasteiger partial charge is 0.380 e. The van der Waals surface area contributed by atoms with Gasteiger partial charge in [-0.1, -0.05) is 31.9 Å². The van der Waals surface area contributed by atoms with Crippen molar-refractivity contribution in [1.82, 2.24) is 20.3 Å². The monoisotopic (exact) mass is 254 g/mol. The molecule has 0 bridgehead atoms. The predicted molar refractivity (Wildman–Crippen MR) is 72.4 cm³/mol. The van der Waals surface area contributed by atoms with Crippen molar-refractivity contribution in [3.8, 4) is 0 Å². The summed E-state index contributed by atoms with van der Waals surface area (Å²) in [6.45, 7) is 8.52. The van der Waals surface area contributed by atoms with Crippen molar-refractivity contribution >= 4 is 0 Å². The summed E-state index contributed by atoms with van der Waals surface area (Å²) in [7, 11) is 0. The van der Waals surface area contributed by atoms with E-state index in [1.54, 1.807) is 0 Å². The number of rotatable bonds is 11. The van der Waals surface area contributed by atoms with E-state index >= 15 is 0 Å². The second kappa shape index (κ2) is 10.0. The number of ether oxygens (including phenoxy) is 1. The Morgan fingerprint density at radius 1 is 1.22 bits per heavy atom. The third-order valence-electron chi connectivity index (χ3n) is 2.68. The van der Waals surface area contributed by atoms with E-state index in [4.69, 9.17) is 4.74 Å². The molecule has 0 unspecified atom stereocenters. The smallest absolute Gasteiger partial charge is 0.0964 e. The molecule has 1 heterocycles. The molecule has 0 atom stereocenters. The number of hydrogen-bond acceptors (Lipinski definition) is 4. The Labute approximate surface area is 110 Å². The topological polar surface area (TPSA) is 52.0 Å². The molecule has 18 heavy (non-hydrogen) atoms. The lowest BCUT2D eigenvalue weighted by atomic mass is 10.3. The van der Waals surface area contributed by atoms with E-state index in [9.17, 15) is 0 Å². The summed E-state index contributed by atoms with van der Waals surface area (Å²) in [6.07, 6.45) is 6.76. The van der Waals surface area contributed by atoms with Gasteiger partial charge in [-0.15, -0.1) is 5.10 Å². The van der Waals surface area contributed by atoms with E-state index in [2.05, 4.69) is 29.5 Å². The zero-order valence-electron chi connectivity index (χ0n) is 11.7. The van der Waals surface area contributed by atoms with Crippen LogP contribution in [0.5, 0.6) is 0 Å². The standard InChI is InChI=1S/C13H26N4O/c1-3-5-6-9-18-10-8-17-12-13(15-16-17)11-14-7-4-2/h12,14H,3-11H2,1-2H3. The van der Waals surface area contributed by atoms with Crippen LogP contribution in [0.2, 0.25) is 0 Å². The van der Waals surface area contributed by atoms with Crippen LogP contribution in [0.3, 0.4) is 0 Å². The predicted octanol–water partition coefficient (Wildman–Crippen LogP) is 1.98. The number of hydrogen-bond donors (Lipinski definition) is 1. The highest BCUT2D eigenvalue weighted by atomic mass is 16.5. The fourth-order valence-electron chi connectivity index (χ4n) is 1.64. The Morgan fingerprint density at radius 3 is 2.89 bits per heavy atom. The lowest BCUT2D eigenvalue weighted by molar-refractivity contribution is 0.119. The van der Waals surface area contributed by atoms with E-state index in [-0.39, 0.29) is 0 Å². The molecular weight excluding hydrogens is 228 g/mol. The van der Waals surface area contributed by atoms with Crippen LogP contribution in [-0.2, 0) is 17.8 Å². The molecule has 1 rings (SSSR count). The third kappa shape index (κ3) is 6.71. The SMILES string of the molecule is CCCCCOCCn1cc(CNCCC)nn1. The first-order valence-electron chi connectivity index (χ1n) is 7.04. The van der Waals surface area contributed by atoms with Gasteiger partial charge in [0.15, 0.2) is 0 Å². The van der Waals surface area contributed by atoms with Gasteiger partial charge >= 0.3 is 0 Å². The van der Waals surface area contributed by atoms with Gasteiger partial charge in [-0.2, -0.15) is 0 Å². The van der Waals surface area contributed by atoms with Gasteiger partial charge in [0.05, 0.1) is 18.8 Å². The van der Waals surface area contributed by atoms with Gasteiger partial charge in [0.1, 0.15) is 0 Å². The van der Waals surface area contributed by atoms with Gasteiger partial charge in [0, 0.05) is 19.3 Å². The summed E-state index contributed by atoms with van der Waals surface area (Å²) in [4.78, 5) is 0. The molecule has 0 aliphatic heterocycles. The molecule has 0 saturated heterocycles. The highest BCUT2D eigenvalue weighted by Crippen LogP contribution is 1.96. The van der Waals surface area contributed by atoms with Crippen molar-refractivity contribution in [3.63, 3.8) is 0 Å². The Bertz CT molecular complexity index is 301. The maximum absolute atomic E-state index is 5.54. The first-order chi connectivity index (χ1) is 8.86. The first-order valence-corrected chi connectivity index (χ1v) is 7.04. The van der Waals surface area contributed by atoms with Crippen LogP contribution in [0.25, 0.3) is 0 Å². The van der Waals surface area contributed by atoms with Crippen LogP contribution in [0.4, 0.5) is 0 Å². The number of nitrogens with one attached hydrogen (secondary N) is 1. The Balaban J connectivity index is 2.07. The van der Waals surface area contributed by atoms with Crippen LogP contribution in [0, 0.1) is 0 Å². The fourth-order valence-corrected chi connectivity index (χ4v) is 1.64. The number of aromatic nitrogens is 3. The minimum Gasteiger partial charge on any atom is -0.380 e. The minimum absolute atomic E-state index is 0.717. The average molecular weight is 254 g/mol. The van der Waals surface area contributed by atoms with E-state index in [0.29, 0.717) is 0 Å². The Kier molecular flexibility index (Phi) is 8.42. The van der Waals surface area contributed by atoms with Crippen LogP contribution >= 0.6 is 0 Å². The second-order valence-corrected chi connectivity index (χ2v) is 4.47. The molecule has 0 radical (unpaired) electrons. The normalized spacial score (nSPS) is 11.0. The van der Waals surface area contributed by atoms with Gasteiger partial charge < -0.3 is 10.1 Å². The molecule has 104 valence electrons. The van der Waals surface area contributed by atoms with Gasteiger partial charge in [-0.05, 0) is 19.4 Å². The van der Waals surface area contributed by atoms with E-state index < -0.39 is 0 Å². The summed E-state index contributed by atoms with van der Waals surface area (Å²) in [5.74, 6) is 0. The molecule has 0 saturated carbocycles. The molecule has 0 aromatic carbocycles. The van der Waals surface area contributed by atoms with Crippen molar-refractivity contribution in [2.75, 3.05) is 19.8 Å². The van der Waals surface area contributed by atoms with Crippen LogP contribution in [-0.4, -0.2) is 34.8 Å². The van der Waals surface area contributed by atoms with Crippen molar-refractivity contribution in [2.45, 2.75) is 52.6 Å². The summed E-state index contributed by atoms with van der Waals surface area (Å²) < 4.78 is 7.39. The molecule has 1 aromatic rings. The first kappa shape index (κ1) is 15.1. The summed E-state index contributed by atoms with van der Waals surface area (Å²) in [6, 6.07) is 0. The third-order valence-corrected chi connectivity index (χ3v) is 2.68. The molecule has 0 spiro atoms. The highest BCUT2D eigenvalue weighted by molar-refractivity contribution is 4.91. The molecule has 1 N–H and O–H groups in total. The van der Waals surface area contributed by atoms with E-state index in [0.717, 1.165) is 51.4 Å². The van der Waals surface area contributed by atoms with E-state index in [1.807, 2.05) is 10.9 Å². The zero-order valence-corrected chi connectivity index (χ0v) is 11.7. The molecule has 0 aliphatic carbocycles. The molecule has 0 fully saturated rings. The molecule has 5 nitrogen and oxygen atoms in total. The second-order valence-electron chi connectivity index (χ2n) is 4.47. The summed E-state index contributed by atoms with van der Waals surface area (Å²) in [5, 5.41) is 11.5. The molecule has 1 aromatic heterocycles. The van der Waals surface area contributed by atoms with Crippen LogP contribution < -0.4 is 5.32 Å².